The molecule has 2 aromatic carbocycles. The number of piperidine rings is 1. The first-order valence-electron chi connectivity index (χ1n) is 11.4. The normalized spacial score (nSPS) is 15.3. The number of halogens is 1. The molecule has 1 aliphatic rings. The lowest BCUT2D eigenvalue weighted by molar-refractivity contribution is 0.00582. The van der Waals surface area contributed by atoms with Crippen LogP contribution in [0, 0.1) is 0 Å². The summed E-state index contributed by atoms with van der Waals surface area (Å²) in [5, 5.41) is 16.1. The Morgan fingerprint density at radius 3 is 2.59 bits per heavy atom. The summed E-state index contributed by atoms with van der Waals surface area (Å²) in [4.78, 5) is 17.4. The van der Waals surface area contributed by atoms with E-state index in [1.54, 1.807) is 6.20 Å². The van der Waals surface area contributed by atoms with Crippen LogP contribution in [0.4, 0.5) is 11.6 Å². The van der Waals surface area contributed by atoms with Gasteiger partial charge in [0.15, 0.2) is 0 Å². The van der Waals surface area contributed by atoms with Crippen LogP contribution in [0.3, 0.4) is 0 Å². The number of benzene rings is 2. The van der Waals surface area contributed by atoms with Crippen LogP contribution in [-0.4, -0.2) is 39.7 Å². The minimum atomic E-state index is -0.948. The number of aromatic nitrogens is 3. The second kappa shape index (κ2) is 9.80. The van der Waals surface area contributed by atoms with Crippen molar-refractivity contribution in [2.75, 3.05) is 24.5 Å². The van der Waals surface area contributed by atoms with Gasteiger partial charge in [0.05, 0.1) is 16.3 Å². The van der Waals surface area contributed by atoms with Crippen molar-refractivity contribution >= 4 is 34.6 Å². The third-order valence-corrected chi connectivity index (χ3v) is 7.56. The van der Waals surface area contributed by atoms with Gasteiger partial charge in [-0.2, -0.15) is 0 Å². The van der Waals surface area contributed by atoms with Crippen LogP contribution in [0.2, 0.25) is 5.02 Å². The zero-order chi connectivity index (χ0) is 23.5. The number of para-hydroxylation sites is 1. The van der Waals surface area contributed by atoms with Crippen LogP contribution < -0.4 is 10.2 Å². The van der Waals surface area contributed by atoms with E-state index in [9.17, 15) is 5.11 Å². The van der Waals surface area contributed by atoms with E-state index in [2.05, 4.69) is 22.1 Å². The number of hydrogen-bond acceptors (Lipinski definition) is 7. The van der Waals surface area contributed by atoms with E-state index in [0.717, 1.165) is 52.2 Å². The monoisotopic (exact) mass is 491 g/mol. The van der Waals surface area contributed by atoms with Gasteiger partial charge in [0.2, 0.25) is 5.95 Å². The van der Waals surface area contributed by atoms with Crippen LogP contribution >= 0.6 is 22.9 Å². The number of thiazole rings is 1. The summed E-state index contributed by atoms with van der Waals surface area (Å²) in [6.45, 7) is 4.34. The van der Waals surface area contributed by atoms with Crippen LogP contribution in [0.5, 0.6) is 0 Å². The van der Waals surface area contributed by atoms with Crippen LogP contribution in [0.25, 0.3) is 21.8 Å². The van der Waals surface area contributed by atoms with E-state index in [1.807, 2.05) is 60.7 Å². The molecule has 34 heavy (non-hydrogen) atoms. The Kier molecular flexibility index (Phi) is 6.61. The molecule has 0 spiro atoms. The van der Waals surface area contributed by atoms with Crippen molar-refractivity contribution in [1.82, 2.24) is 20.3 Å². The molecule has 0 bridgehead atoms. The van der Waals surface area contributed by atoms with E-state index in [0.29, 0.717) is 23.8 Å². The minimum Gasteiger partial charge on any atom is -0.383 e. The Balaban J connectivity index is 1.62. The molecule has 1 fully saturated rings. The van der Waals surface area contributed by atoms with Crippen LogP contribution in [0.15, 0.2) is 66.9 Å². The predicted octanol–water partition coefficient (Wildman–Crippen LogP) is 5.65. The number of hydrogen-bond donors (Lipinski definition) is 2. The summed E-state index contributed by atoms with van der Waals surface area (Å²) < 4.78 is 0. The third kappa shape index (κ3) is 4.57. The molecule has 0 radical (unpaired) electrons. The molecule has 0 amide bonds. The van der Waals surface area contributed by atoms with Crippen molar-refractivity contribution in [3.8, 4) is 21.8 Å². The highest BCUT2D eigenvalue weighted by Gasteiger charge is 2.36. The van der Waals surface area contributed by atoms with E-state index in [1.165, 1.54) is 11.3 Å². The Hall–Kier alpha value is -2.84. The first kappa shape index (κ1) is 22.9. The average Bonchev–Trinajstić information content (AvgIpc) is 3.33. The smallest absolute Gasteiger partial charge is 0.230 e. The van der Waals surface area contributed by atoms with Gasteiger partial charge < -0.3 is 15.3 Å². The van der Waals surface area contributed by atoms with Crippen LogP contribution in [0.1, 0.15) is 24.8 Å². The molecule has 2 aromatic heterocycles. The zero-order valence-electron chi connectivity index (χ0n) is 18.9. The van der Waals surface area contributed by atoms with Gasteiger partial charge in [-0.1, -0.05) is 41.9 Å². The molecule has 6 nitrogen and oxygen atoms in total. The number of aliphatic hydroxyl groups is 1. The molecular weight excluding hydrogens is 466 g/mol. The molecule has 0 aliphatic carbocycles. The molecular formula is C26H26ClN5OS. The SMILES string of the molecule is CCN(c1ccccc1)c1nccc(-c2sc(C3(O)CCNCC3)nc2-c2cccc(Cl)c2)n1. The Morgan fingerprint density at radius 2 is 1.85 bits per heavy atom. The molecule has 0 unspecified atom stereocenters. The van der Waals surface area contributed by atoms with Crippen molar-refractivity contribution in [3.05, 3.63) is 76.9 Å². The summed E-state index contributed by atoms with van der Waals surface area (Å²) in [6.07, 6.45) is 3.03. The van der Waals surface area contributed by atoms with Crippen molar-refractivity contribution in [3.63, 3.8) is 0 Å². The van der Waals surface area contributed by atoms with Crippen LogP contribution in [-0.2, 0) is 5.60 Å². The maximum atomic E-state index is 11.4. The molecule has 4 aromatic rings. The Morgan fingerprint density at radius 1 is 1.06 bits per heavy atom. The second-order valence-corrected chi connectivity index (χ2v) is 9.75. The Labute approximate surface area is 208 Å². The highest BCUT2D eigenvalue weighted by atomic mass is 35.5. The molecule has 1 saturated heterocycles. The standard InChI is InChI=1S/C26H26ClN5OS/c1-2-32(20-9-4-3-5-10-20)25-29-14-11-21(30-25)23-22(18-7-6-8-19(27)17-18)31-24(34-23)26(33)12-15-28-16-13-26/h3-11,14,17,28,33H,2,12-13,15-16H2,1H3. The van der Waals surface area contributed by atoms with Gasteiger partial charge in [-0.05, 0) is 63.2 Å². The molecule has 0 saturated carbocycles. The van der Waals surface area contributed by atoms with Crippen molar-refractivity contribution < 1.29 is 5.11 Å². The summed E-state index contributed by atoms with van der Waals surface area (Å²) in [6, 6.07) is 19.7. The topological polar surface area (TPSA) is 74.2 Å². The summed E-state index contributed by atoms with van der Waals surface area (Å²) in [7, 11) is 0. The number of anilines is 2. The van der Waals surface area contributed by atoms with Gasteiger partial charge in [-0.25, -0.2) is 15.0 Å². The molecule has 1 aliphatic heterocycles. The third-order valence-electron chi connectivity index (χ3n) is 6.06. The lowest BCUT2D eigenvalue weighted by Crippen LogP contribution is -2.39. The average molecular weight is 492 g/mol. The van der Waals surface area contributed by atoms with E-state index >= 15 is 0 Å². The molecule has 8 heteroatoms. The van der Waals surface area contributed by atoms with Crippen molar-refractivity contribution in [2.45, 2.75) is 25.4 Å². The largest absolute Gasteiger partial charge is 0.383 e. The molecule has 0 atom stereocenters. The van der Waals surface area contributed by atoms with Gasteiger partial charge in [0.25, 0.3) is 0 Å². The van der Waals surface area contributed by atoms with Crippen molar-refractivity contribution in [2.24, 2.45) is 0 Å². The fourth-order valence-electron chi connectivity index (χ4n) is 4.23. The summed E-state index contributed by atoms with van der Waals surface area (Å²) >= 11 is 7.82. The number of nitrogens with one attached hydrogen (secondary N) is 1. The second-order valence-electron chi connectivity index (χ2n) is 8.31. The summed E-state index contributed by atoms with van der Waals surface area (Å²) in [5.74, 6) is 0.624. The zero-order valence-corrected chi connectivity index (χ0v) is 20.5. The van der Waals surface area contributed by atoms with Gasteiger partial charge >= 0.3 is 0 Å². The fraction of sp³-hybridized carbons (Fsp3) is 0.269. The lowest BCUT2D eigenvalue weighted by Gasteiger charge is -2.30. The van der Waals surface area contributed by atoms with Gasteiger partial charge in [-0.15, -0.1) is 11.3 Å². The highest BCUT2D eigenvalue weighted by molar-refractivity contribution is 7.15. The highest BCUT2D eigenvalue weighted by Crippen LogP contribution is 2.43. The lowest BCUT2D eigenvalue weighted by atomic mass is 9.93. The number of nitrogens with zero attached hydrogens (tertiary/aromatic N) is 4. The van der Waals surface area contributed by atoms with Crippen molar-refractivity contribution in [1.29, 1.82) is 0 Å². The first-order valence-corrected chi connectivity index (χ1v) is 12.6. The van der Waals surface area contributed by atoms with Gasteiger partial charge in [0.1, 0.15) is 10.6 Å². The fourth-order valence-corrected chi connectivity index (χ4v) is 5.62. The predicted molar refractivity (Wildman–Crippen MR) is 139 cm³/mol. The molecule has 2 N–H and O–H groups in total. The van der Waals surface area contributed by atoms with E-state index in [-0.39, 0.29) is 0 Å². The van der Waals surface area contributed by atoms with E-state index < -0.39 is 5.60 Å². The first-order chi connectivity index (χ1) is 16.6. The van der Waals surface area contributed by atoms with E-state index in [4.69, 9.17) is 21.6 Å². The van der Waals surface area contributed by atoms with Gasteiger partial charge in [-0.3, -0.25) is 0 Å². The Bertz CT molecular complexity index is 1270. The van der Waals surface area contributed by atoms with Gasteiger partial charge in [0, 0.05) is 29.0 Å². The quantitative estimate of drug-likeness (QED) is 0.363. The maximum absolute atomic E-state index is 11.4. The maximum Gasteiger partial charge on any atom is 0.230 e. The minimum absolute atomic E-state index is 0.624. The summed E-state index contributed by atoms with van der Waals surface area (Å²) in [5.41, 5.74) is 2.54. The molecule has 3 heterocycles. The number of rotatable bonds is 6. The molecule has 5 rings (SSSR count). The molecule has 174 valence electrons.